The van der Waals surface area contributed by atoms with Gasteiger partial charge in [-0.15, -0.1) is 0 Å². The number of aromatic nitrogens is 2. The molecular formula is C10H14N2O2. The van der Waals surface area contributed by atoms with Crippen molar-refractivity contribution < 1.29 is 9.90 Å². The summed E-state index contributed by atoms with van der Waals surface area (Å²) < 4.78 is 0. The van der Waals surface area contributed by atoms with E-state index in [1.165, 1.54) is 0 Å². The van der Waals surface area contributed by atoms with E-state index in [-0.39, 0.29) is 0 Å². The Morgan fingerprint density at radius 2 is 1.93 bits per heavy atom. The Labute approximate surface area is 83.0 Å². The minimum absolute atomic E-state index is 0.387. The van der Waals surface area contributed by atoms with Crippen LogP contribution in [0.1, 0.15) is 24.1 Å². The third-order valence-electron chi connectivity index (χ3n) is 1.94. The maximum atomic E-state index is 10.6. The second kappa shape index (κ2) is 4.17. The van der Waals surface area contributed by atoms with Crippen LogP contribution in [-0.4, -0.2) is 21.0 Å². The molecule has 0 aliphatic carbocycles. The highest BCUT2D eigenvalue weighted by Crippen LogP contribution is 2.06. The Kier molecular flexibility index (Phi) is 3.17. The van der Waals surface area contributed by atoms with E-state index in [2.05, 4.69) is 9.97 Å². The lowest BCUT2D eigenvalue weighted by molar-refractivity contribution is -0.141. The van der Waals surface area contributed by atoms with E-state index in [0.717, 1.165) is 11.4 Å². The Hall–Kier alpha value is -1.45. The number of aryl methyl sites for hydroxylation is 2. The lowest BCUT2D eigenvalue weighted by Crippen LogP contribution is -2.14. The van der Waals surface area contributed by atoms with Crippen LogP contribution in [0.4, 0.5) is 0 Å². The van der Waals surface area contributed by atoms with Crippen LogP contribution in [0.5, 0.6) is 0 Å². The van der Waals surface area contributed by atoms with Crippen molar-refractivity contribution in [2.24, 2.45) is 5.92 Å². The quantitative estimate of drug-likeness (QED) is 0.789. The minimum atomic E-state index is -0.812. The topological polar surface area (TPSA) is 63.1 Å². The molecule has 0 aromatic carbocycles. The molecule has 76 valence electrons. The normalized spacial score (nSPS) is 12.5. The van der Waals surface area contributed by atoms with E-state index in [4.69, 9.17) is 5.11 Å². The van der Waals surface area contributed by atoms with Crippen molar-refractivity contribution in [2.75, 3.05) is 0 Å². The Bertz CT molecular complexity index is 330. The van der Waals surface area contributed by atoms with E-state index < -0.39 is 11.9 Å². The zero-order valence-corrected chi connectivity index (χ0v) is 8.61. The molecule has 4 heteroatoms. The summed E-state index contributed by atoms with van der Waals surface area (Å²) in [5.41, 5.74) is 1.76. The molecule has 1 heterocycles. The molecule has 0 saturated carbocycles. The molecule has 0 radical (unpaired) electrons. The largest absolute Gasteiger partial charge is 0.481 e. The van der Waals surface area contributed by atoms with E-state index in [1.54, 1.807) is 6.92 Å². The number of rotatable bonds is 3. The molecule has 0 amide bonds. The van der Waals surface area contributed by atoms with Gasteiger partial charge in [0.15, 0.2) is 0 Å². The summed E-state index contributed by atoms with van der Waals surface area (Å²) in [4.78, 5) is 19.0. The predicted octanol–water partition coefficient (Wildman–Crippen LogP) is 1.36. The fourth-order valence-corrected chi connectivity index (χ4v) is 1.25. The Morgan fingerprint density at radius 1 is 1.43 bits per heavy atom. The lowest BCUT2D eigenvalue weighted by atomic mass is 10.1. The molecule has 1 atom stereocenters. The first kappa shape index (κ1) is 10.6. The molecule has 0 aliphatic rings. The van der Waals surface area contributed by atoms with Gasteiger partial charge >= 0.3 is 5.97 Å². The molecule has 0 fully saturated rings. The van der Waals surface area contributed by atoms with Crippen molar-refractivity contribution >= 4 is 5.97 Å². The summed E-state index contributed by atoms with van der Waals surface area (Å²) >= 11 is 0. The number of aliphatic carboxylic acids is 1. The highest BCUT2D eigenvalue weighted by Gasteiger charge is 2.13. The maximum absolute atomic E-state index is 10.6. The van der Waals surface area contributed by atoms with Gasteiger partial charge in [0.05, 0.1) is 5.92 Å². The number of hydrogen-bond donors (Lipinski definition) is 1. The smallest absolute Gasteiger partial charge is 0.306 e. The van der Waals surface area contributed by atoms with E-state index >= 15 is 0 Å². The fourth-order valence-electron chi connectivity index (χ4n) is 1.25. The molecule has 1 N–H and O–H groups in total. The van der Waals surface area contributed by atoms with Crippen LogP contribution in [0, 0.1) is 19.8 Å². The second-order valence-electron chi connectivity index (χ2n) is 3.51. The zero-order chi connectivity index (χ0) is 10.7. The van der Waals surface area contributed by atoms with Crippen LogP contribution in [-0.2, 0) is 11.2 Å². The summed E-state index contributed by atoms with van der Waals surface area (Å²) in [7, 11) is 0. The first-order chi connectivity index (χ1) is 6.49. The molecule has 0 spiro atoms. The van der Waals surface area contributed by atoms with E-state index in [0.29, 0.717) is 12.2 Å². The number of hydrogen-bond acceptors (Lipinski definition) is 3. The van der Waals surface area contributed by atoms with Crippen LogP contribution < -0.4 is 0 Å². The predicted molar refractivity (Wildman–Crippen MR) is 52.0 cm³/mol. The van der Waals surface area contributed by atoms with E-state index in [1.807, 2.05) is 19.9 Å². The molecule has 1 aromatic rings. The summed E-state index contributed by atoms with van der Waals surface area (Å²) in [6.45, 7) is 5.41. The molecule has 1 aromatic heterocycles. The Balaban J connectivity index is 2.81. The molecule has 1 unspecified atom stereocenters. The molecule has 4 nitrogen and oxygen atoms in total. The SMILES string of the molecule is Cc1cc(C)nc(CC(C)C(=O)O)n1. The molecule has 0 saturated heterocycles. The van der Waals surface area contributed by atoms with Crippen molar-refractivity contribution in [1.29, 1.82) is 0 Å². The van der Waals surface area contributed by atoms with Crippen molar-refractivity contribution in [3.8, 4) is 0 Å². The molecule has 1 rings (SSSR count). The monoisotopic (exact) mass is 194 g/mol. The number of carbonyl (C=O) groups is 1. The maximum Gasteiger partial charge on any atom is 0.306 e. The van der Waals surface area contributed by atoms with Gasteiger partial charge in [-0.3, -0.25) is 4.79 Å². The summed E-state index contributed by atoms with van der Waals surface area (Å²) in [5, 5.41) is 8.73. The zero-order valence-electron chi connectivity index (χ0n) is 8.61. The summed E-state index contributed by atoms with van der Waals surface area (Å²) in [6, 6.07) is 1.87. The molecule has 14 heavy (non-hydrogen) atoms. The van der Waals surface area contributed by atoms with Gasteiger partial charge in [-0.25, -0.2) is 9.97 Å². The van der Waals surface area contributed by atoms with Gasteiger partial charge in [-0.05, 0) is 19.9 Å². The van der Waals surface area contributed by atoms with Gasteiger partial charge in [0.2, 0.25) is 0 Å². The first-order valence-corrected chi connectivity index (χ1v) is 4.53. The summed E-state index contributed by atoms with van der Waals surface area (Å²) in [5.74, 6) is -0.638. The lowest BCUT2D eigenvalue weighted by Gasteiger charge is -2.06. The Morgan fingerprint density at radius 3 is 2.36 bits per heavy atom. The average molecular weight is 194 g/mol. The van der Waals surface area contributed by atoms with Gasteiger partial charge in [0.1, 0.15) is 5.82 Å². The molecular weight excluding hydrogens is 180 g/mol. The minimum Gasteiger partial charge on any atom is -0.481 e. The highest BCUT2D eigenvalue weighted by molar-refractivity contribution is 5.69. The third kappa shape index (κ3) is 2.80. The number of nitrogens with zero attached hydrogens (tertiary/aromatic N) is 2. The van der Waals surface area contributed by atoms with Crippen LogP contribution in [0.15, 0.2) is 6.07 Å². The first-order valence-electron chi connectivity index (χ1n) is 4.53. The van der Waals surface area contributed by atoms with Crippen LogP contribution in [0.3, 0.4) is 0 Å². The van der Waals surface area contributed by atoms with E-state index in [9.17, 15) is 4.79 Å². The fraction of sp³-hybridized carbons (Fsp3) is 0.500. The van der Waals surface area contributed by atoms with Gasteiger partial charge in [-0.1, -0.05) is 6.92 Å². The molecule has 0 bridgehead atoms. The van der Waals surface area contributed by atoms with Crippen molar-refractivity contribution in [2.45, 2.75) is 27.2 Å². The standard InChI is InChI=1S/C10H14N2O2/c1-6(10(13)14)4-9-11-7(2)5-8(3)12-9/h5-6H,4H2,1-3H3,(H,13,14). The van der Waals surface area contributed by atoms with Crippen LogP contribution in [0.25, 0.3) is 0 Å². The second-order valence-corrected chi connectivity index (χ2v) is 3.51. The van der Waals surface area contributed by atoms with Crippen LogP contribution in [0.2, 0.25) is 0 Å². The summed E-state index contributed by atoms with van der Waals surface area (Å²) in [6.07, 6.45) is 0.387. The third-order valence-corrected chi connectivity index (χ3v) is 1.94. The van der Waals surface area contributed by atoms with Crippen molar-refractivity contribution in [3.63, 3.8) is 0 Å². The average Bonchev–Trinajstić information content (AvgIpc) is 2.01. The van der Waals surface area contributed by atoms with Crippen LogP contribution >= 0.6 is 0 Å². The highest BCUT2D eigenvalue weighted by atomic mass is 16.4. The van der Waals surface area contributed by atoms with Crippen molar-refractivity contribution in [1.82, 2.24) is 9.97 Å². The number of carboxylic acids is 1. The van der Waals surface area contributed by atoms with Crippen molar-refractivity contribution in [3.05, 3.63) is 23.3 Å². The van der Waals surface area contributed by atoms with Gasteiger partial charge in [0.25, 0.3) is 0 Å². The number of carboxylic acid groups (broad SMARTS) is 1. The van der Waals surface area contributed by atoms with Gasteiger partial charge in [-0.2, -0.15) is 0 Å². The molecule has 0 aliphatic heterocycles. The van der Waals surface area contributed by atoms with Gasteiger partial charge < -0.3 is 5.11 Å². The van der Waals surface area contributed by atoms with Gasteiger partial charge in [0, 0.05) is 17.8 Å².